The van der Waals surface area contributed by atoms with E-state index in [2.05, 4.69) is 6.92 Å². The number of carbonyl (C=O) groups excluding carboxylic acids is 2. The van der Waals surface area contributed by atoms with Gasteiger partial charge < -0.3 is 9.47 Å². The minimum absolute atomic E-state index is 0.0300. The number of nitrogens with zero attached hydrogens (tertiary/aromatic N) is 2. The maximum absolute atomic E-state index is 12.9. The number of benzene rings is 1. The van der Waals surface area contributed by atoms with Crippen LogP contribution in [0.15, 0.2) is 41.4 Å². The first-order valence-corrected chi connectivity index (χ1v) is 8.10. The fourth-order valence-corrected chi connectivity index (χ4v) is 3.80. The standard InChI is InChI=1S/C17H18N2O2S/c1-11-9-19(14-6-4-5-7-16(14)22-11)17(21)15-8-13(12(2)20)10-18(15)3/h4-8,10-11H,9H2,1-3H3/t11-/m0/s1. The monoisotopic (exact) mass is 314 g/mol. The van der Waals surface area contributed by atoms with Gasteiger partial charge in [0.15, 0.2) is 5.78 Å². The summed E-state index contributed by atoms with van der Waals surface area (Å²) in [5, 5.41) is 0.339. The van der Waals surface area contributed by atoms with Crippen molar-refractivity contribution < 1.29 is 9.59 Å². The molecule has 4 nitrogen and oxygen atoms in total. The average Bonchev–Trinajstić information content (AvgIpc) is 2.88. The zero-order chi connectivity index (χ0) is 15.9. The van der Waals surface area contributed by atoms with E-state index in [-0.39, 0.29) is 11.7 Å². The van der Waals surface area contributed by atoms with E-state index >= 15 is 0 Å². The topological polar surface area (TPSA) is 42.3 Å². The molecule has 0 saturated carbocycles. The summed E-state index contributed by atoms with van der Waals surface area (Å²) >= 11 is 1.79. The lowest BCUT2D eigenvalue weighted by atomic mass is 10.2. The highest BCUT2D eigenvalue weighted by Crippen LogP contribution is 2.38. The summed E-state index contributed by atoms with van der Waals surface area (Å²) < 4.78 is 1.73. The Balaban J connectivity index is 2.01. The van der Waals surface area contributed by atoms with E-state index < -0.39 is 0 Å². The highest BCUT2D eigenvalue weighted by molar-refractivity contribution is 8.00. The van der Waals surface area contributed by atoms with Crippen LogP contribution in [0.1, 0.15) is 34.7 Å². The lowest BCUT2D eigenvalue weighted by molar-refractivity contribution is 0.0978. The molecule has 1 atom stereocenters. The molecule has 0 N–H and O–H groups in total. The number of thioether (sulfide) groups is 1. The Hall–Kier alpha value is -2.01. The number of para-hydroxylation sites is 1. The highest BCUT2D eigenvalue weighted by Gasteiger charge is 2.29. The van der Waals surface area contributed by atoms with Gasteiger partial charge >= 0.3 is 0 Å². The predicted molar refractivity (Wildman–Crippen MR) is 88.9 cm³/mol. The number of hydrogen-bond donors (Lipinski definition) is 0. The highest BCUT2D eigenvalue weighted by atomic mass is 32.2. The molecule has 22 heavy (non-hydrogen) atoms. The Labute approximate surface area is 134 Å². The number of ketones is 1. The smallest absolute Gasteiger partial charge is 0.274 e. The summed E-state index contributed by atoms with van der Waals surface area (Å²) in [5.74, 6) is -0.0905. The van der Waals surface area contributed by atoms with E-state index in [1.165, 1.54) is 6.92 Å². The molecule has 1 aromatic carbocycles. The van der Waals surface area contributed by atoms with Crippen molar-refractivity contribution in [1.29, 1.82) is 0 Å². The number of hydrogen-bond acceptors (Lipinski definition) is 3. The molecule has 1 aliphatic heterocycles. The zero-order valence-electron chi connectivity index (χ0n) is 12.9. The summed E-state index contributed by atoms with van der Waals surface area (Å²) in [7, 11) is 1.80. The van der Waals surface area contributed by atoms with E-state index in [1.54, 1.807) is 35.6 Å². The Kier molecular flexibility index (Phi) is 3.83. The van der Waals surface area contributed by atoms with Gasteiger partial charge in [-0.15, -0.1) is 11.8 Å². The van der Waals surface area contributed by atoms with Crippen LogP contribution in [0, 0.1) is 0 Å². The number of rotatable bonds is 2. The van der Waals surface area contributed by atoms with E-state index in [0.29, 0.717) is 23.1 Å². The summed E-state index contributed by atoms with van der Waals surface area (Å²) in [6.07, 6.45) is 1.71. The third kappa shape index (κ3) is 2.57. The second kappa shape index (κ2) is 5.65. The van der Waals surface area contributed by atoms with Crippen molar-refractivity contribution in [3.05, 3.63) is 47.8 Å². The zero-order valence-corrected chi connectivity index (χ0v) is 13.7. The first kappa shape index (κ1) is 14.9. The van der Waals surface area contributed by atoms with Gasteiger partial charge in [0.25, 0.3) is 5.91 Å². The molecule has 2 heterocycles. The third-order valence-electron chi connectivity index (χ3n) is 3.80. The van der Waals surface area contributed by atoms with Crippen molar-refractivity contribution in [2.75, 3.05) is 11.4 Å². The minimum atomic E-state index is -0.0606. The first-order valence-electron chi connectivity index (χ1n) is 7.22. The lowest BCUT2D eigenvalue weighted by Gasteiger charge is -2.32. The molecule has 0 saturated heterocycles. The van der Waals surface area contributed by atoms with Gasteiger partial charge in [0.05, 0.1) is 5.69 Å². The third-order valence-corrected chi connectivity index (χ3v) is 4.95. The van der Waals surface area contributed by atoms with Gasteiger partial charge in [-0.25, -0.2) is 0 Å². The fraction of sp³-hybridized carbons (Fsp3) is 0.294. The largest absolute Gasteiger partial charge is 0.346 e. The Morgan fingerprint density at radius 3 is 2.68 bits per heavy atom. The Morgan fingerprint density at radius 2 is 2.00 bits per heavy atom. The van der Waals surface area contributed by atoms with Gasteiger partial charge in [-0.1, -0.05) is 19.1 Å². The number of amides is 1. The molecule has 1 aromatic heterocycles. The fourth-order valence-electron chi connectivity index (χ4n) is 2.69. The van der Waals surface area contributed by atoms with Crippen molar-refractivity contribution >= 4 is 29.1 Å². The molecular formula is C17H18N2O2S. The van der Waals surface area contributed by atoms with Crippen LogP contribution in [0.5, 0.6) is 0 Å². The number of aromatic nitrogens is 1. The molecule has 5 heteroatoms. The van der Waals surface area contributed by atoms with Crippen LogP contribution in [-0.4, -0.2) is 28.1 Å². The van der Waals surface area contributed by atoms with Crippen LogP contribution in [0.25, 0.3) is 0 Å². The molecule has 0 fully saturated rings. The molecular weight excluding hydrogens is 296 g/mol. The van der Waals surface area contributed by atoms with Crippen LogP contribution in [-0.2, 0) is 7.05 Å². The Morgan fingerprint density at radius 1 is 1.27 bits per heavy atom. The van der Waals surface area contributed by atoms with E-state index in [4.69, 9.17) is 0 Å². The average molecular weight is 314 g/mol. The minimum Gasteiger partial charge on any atom is -0.346 e. The molecule has 0 spiro atoms. The van der Waals surface area contributed by atoms with E-state index in [9.17, 15) is 9.59 Å². The molecule has 0 aliphatic carbocycles. The van der Waals surface area contributed by atoms with Crippen molar-refractivity contribution in [3.63, 3.8) is 0 Å². The predicted octanol–water partition coefficient (Wildman–Crippen LogP) is 3.37. The number of anilines is 1. The SMILES string of the molecule is CC(=O)c1cc(C(=O)N2C[C@H](C)Sc3ccccc32)n(C)c1. The molecule has 0 unspecified atom stereocenters. The summed E-state index contributed by atoms with van der Waals surface area (Å²) in [6.45, 7) is 4.30. The molecule has 1 aliphatic rings. The van der Waals surface area contributed by atoms with Crippen LogP contribution < -0.4 is 4.90 Å². The number of Topliss-reactive ketones (excluding diaryl/α,β-unsaturated/α-hetero) is 1. The van der Waals surface area contributed by atoms with Crippen molar-refractivity contribution in [2.24, 2.45) is 7.05 Å². The van der Waals surface area contributed by atoms with Gasteiger partial charge in [-0.05, 0) is 25.1 Å². The van der Waals surface area contributed by atoms with E-state index in [0.717, 1.165) is 10.6 Å². The lowest BCUT2D eigenvalue weighted by Crippen LogP contribution is -2.39. The van der Waals surface area contributed by atoms with Crippen LogP contribution >= 0.6 is 11.8 Å². The van der Waals surface area contributed by atoms with Crippen LogP contribution in [0.3, 0.4) is 0 Å². The number of fused-ring (bicyclic) bond motifs is 1. The molecule has 2 aromatic rings. The molecule has 3 rings (SSSR count). The summed E-state index contributed by atoms with van der Waals surface area (Å²) in [5.41, 5.74) is 2.05. The van der Waals surface area contributed by atoms with Gasteiger partial charge in [0.2, 0.25) is 0 Å². The van der Waals surface area contributed by atoms with E-state index in [1.807, 2.05) is 29.2 Å². The summed E-state index contributed by atoms with van der Waals surface area (Å²) in [6, 6.07) is 9.63. The Bertz CT molecular complexity index is 751. The van der Waals surface area contributed by atoms with Gasteiger partial charge in [-0.3, -0.25) is 9.59 Å². The molecule has 0 radical (unpaired) electrons. The van der Waals surface area contributed by atoms with Crippen molar-refractivity contribution in [2.45, 2.75) is 24.0 Å². The number of aryl methyl sites for hydroxylation is 1. The summed E-state index contributed by atoms with van der Waals surface area (Å²) in [4.78, 5) is 27.4. The van der Waals surface area contributed by atoms with Crippen molar-refractivity contribution in [3.8, 4) is 0 Å². The van der Waals surface area contributed by atoms with Gasteiger partial charge in [0, 0.05) is 35.5 Å². The first-order chi connectivity index (χ1) is 10.5. The van der Waals surface area contributed by atoms with Crippen molar-refractivity contribution in [1.82, 2.24) is 4.57 Å². The molecule has 1 amide bonds. The molecule has 0 bridgehead atoms. The van der Waals surface area contributed by atoms with Crippen LogP contribution in [0.2, 0.25) is 0 Å². The van der Waals surface area contributed by atoms with Crippen LogP contribution in [0.4, 0.5) is 5.69 Å². The maximum Gasteiger partial charge on any atom is 0.274 e. The van der Waals surface area contributed by atoms with Gasteiger partial charge in [-0.2, -0.15) is 0 Å². The second-order valence-corrected chi connectivity index (χ2v) is 7.07. The quantitative estimate of drug-likeness (QED) is 0.798. The maximum atomic E-state index is 12.9. The second-order valence-electron chi connectivity index (χ2n) is 5.59. The van der Waals surface area contributed by atoms with Gasteiger partial charge in [0.1, 0.15) is 5.69 Å². The number of carbonyl (C=O) groups is 2. The normalized spacial score (nSPS) is 17.2. The molecule has 114 valence electrons.